The summed E-state index contributed by atoms with van der Waals surface area (Å²) in [6.07, 6.45) is 4.79. The minimum absolute atomic E-state index is 0.0586. The molecule has 0 saturated carbocycles. The molecular weight excluding hydrogens is 299 g/mol. The number of Topliss-reactive ketones (excluding diaryl/α,β-unsaturated/α-hetero) is 1. The molecule has 0 spiro atoms. The number of carbonyl (C=O) groups excluding carboxylic acids is 2. The first kappa shape index (κ1) is 14.4. The van der Waals surface area contributed by atoms with E-state index in [1.165, 1.54) is 11.0 Å². The van der Waals surface area contributed by atoms with Crippen LogP contribution < -0.4 is 5.73 Å². The molecule has 2 N–H and O–H groups in total. The van der Waals surface area contributed by atoms with E-state index in [1.807, 2.05) is 0 Å². The highest BCUT2D eigenvalue weighted by Crippen LogP contribution is 2.22. The predicted molar refractivity (Wildman–Crippen MR) is 78.1 cm³/mol. The van der Waals surface area contributed by atoms with E-state index in [2.05, 4.69) is 0 Å². The van der Waals surface area contributed by atoms with Crippen LogP contribution in [0.1, 0.15) is 10.4 Å². The van der Waals surface area contributed by atoms with Gasteiger partial charge in [-0.15, -0.1) is 0 Å². The largest absolute Gasteiger partial charge is 0.396 e. The minimum atomic E-state index is -0.251. The van der Waals surface area contributed by atoms with Crippen molar-refractivity contribution in [1.29, 1.82) is 0 Å². The number of allylic oxidation sites excluding steroid dienone is 2. The van der Waals surface area contributed by atoms with Gasteiger partial charge in [-0.3, -0.25) is 4.79 Å². The lowest BCUT2D eigenvalue weighted by molar-refractivity contribution is 0.0967. The summed E-state index contributed by atoms with van der Waals surface area (Å²) < 4.78 is 0. The van der Waals surface area contributed by atoms with E-state index in [0.717, 1.165) is 0 Å². The third kappa shape index (κ3) is 2.94. The summed E-state index contributed by atoms with van der Waals surface area (Å²) in [4.78, 5) is 24.5. The fourth-order valence-electron chi connectivity index (χ4n) is 1.77. The number of rotatable bonds is 3. The van der Waals surface area contributed by atoms with E-state index in [-0.39, 0.29) is 28.7 Å². The van der Waals surface area contributed by atoms with Crippen LogP contribution >= 0.6 is 23.2 Å². The van der Waals surface area contributed by atoms with E-state index >= 15 is 0 Å². The fourth-order valence-corrected chi connectivity index (χ4v) is 2.29. The van der Waals surface area contributed by atoms with Crippen molar-refractivity contribution in [1.82, 2.24) is 4.90 Å². The second kappa shape index (κ2) is 5.97. The van der Waals surface area contributed by atoms with Gasteiger partial charge in [0.1, 0.15) is 5.70 Å². The monoisotopic (exact) mass is 308 g/mol. The first-order chi connectivity index (χ1) is 9.52. The average molecular weight is 309 g/mol. The van der Waals surface area contributed by atoms with Crippen molar-refractivity contribution in [2.45, 2.75) is 0 Å². The molecular formula is C14H10Cl2N2O2. The van der Waals surface area contributed by atoms with Crippen molar-refractivity contribution in [3.8, 4) is 0 Å². The van der Waals surface area contributed by atoms with Gasteiger partial charge in [-0.1, -0.05) is 23.2 Å². The number of hydrogen-bond donors (Lipinski definition) is 1. The second-order valence-electron chi connectivity index (χ2n) is 4.09. The van der Waals surface area contributed by atoms with Crippen molar-refractivity contribution in [2.24, 2.45) is 5.73 Å². The molecule has 1 heterocycles. The van der Waals surface area contributed by atoms with Crippen molar-refractivity contribution in [2.75, 3.05) is 6.54 Å². The number of nitrogens with zero attached hydrogens (tertiary/aromatic N) is 1. The topological polar surface area (TPSA) is 63.4 Å². The Hall–Kier alpha value is -2.00. The zero-order valence-electron chi connectivity index (χ0n) is 10.3. The fraction of sp³-hybridized carbons (Fsp3) is 0.0714. The van der Waals surface area contributed by atoms with Gasteiger partial charge in [-0.25, -0.2) is 4.79 Å². The molecule has 0 radical (unpaired) electrons. The molecule has 1 aliphatic rings. The molecule has 0 saturated heterocycles. The minimum Gasteiger partial charge on any atom is -0.396 e. The maximum Gasteiger partial charge on any atom is 0.184 e. The van der Waals surface area contributed by atoms with Gasteiger partial charge in [-0.2, -0.15) is 0 Å². The Bertz CT molecular complexity index is 674. The molecule has 1 aliphatic heterocycles. The molecule has 1 aromatic rings. The number of halogens is 2. The van der Waals surface area contributed by atoms with Crippen LogP contribution in [0.4, 0.5) is 0 Å². The molecule has 0 amide bonds. The van der Waals surface area contributed by atoms with Gasteiger partial charge in [0.25, 0.3) is 0 Å². The Morgan fingerprint density at radius 2 is 2.10 bits per heavy atom. The van der Waals surface area contributed by atoms with Crippen LogP contribution in [0.5, 0.6) is 0 Å². The summed E-state index contributed by atoms with van der Waals surface area (Å²) >= 11 is 11.8. The smallest absolute Gasteiger partial charge is 0.184 e. The molecule has 4 nitrogen and oxygen atoms in total. The third-order valence-corrected chi connectivity index (χ3v) is 3.29. The Kier molecular flexibility index (Phi) is 4.30. The highest BCUT2D eigenvalue weighted by atomic mass is 35.5. The lowest BCUT2D eigenvalue weighted by Gasteiger charge is -2.22. The Labute approximate surface area is 125 Å². The van der Waals surface area contributed by atoms with E-state index in [9.17, 15) is 9.59 Å². The molecule has 20 heavy (non-hydrogen) atoms. The third-order valence-electron chi connectivity index (χ3n) is 2.74. The number of carbonyl (C=O) groups is 1. The van der Waals surface area contributed by atoms with Gasteiger partial charge >= 0.3 is 0 Å². The van der Waals surface area contributed by atoms with Crippen LogP contribution in [0, 0.1) is 0 Å². The van der Waals surface area contributed by atoms with Crippen molar-refractivity contribution < 1.29 is 9.59 Å². The lowest BCUT2D eigenvalue weighted by Crippen LogP contribution is -2.29. The Morgan fingerprint density at radius 3 is 2.75 bits per heavy atom. The molecule has 2 rings (SSSR count). The molecule has 0 fully saturated rings. The number of hydrogen-bond acceptors (Lipinski definition) is 4. The maximum atomic E-state index is 12.2. The van der Waals surface area contributed by atoms with Gasteiger partial charge in [0, 0.05) is 16.8 Å². The predicted octanol–water partition coefficient (Wildman–Crippen LogP) is 2.56. The van der Waals surface area contributed by atoms with E-state index in [4.69, 9.17) is 28.9 Å². The quantitative estimate of drug-likeness (QED) is 0.688. The zero-order chi connectivity index (χ0) is 14.7. The molecule has 6 heteroatoms. The van der Waals surface area contributed by atoms with E-state index in [0.29, 0.717) is 10.6 Å². The SMILES string of the molecule is NC1=CC=CN(CC(=O)c2ccc(Cl)cc2Cl)C1=C=O. The first-order valence-corrected chi connectivity index (χ1v) is 6.43. The number of nitrogens with two attached hydrogens (primary N) is 1. The van der Waals surface area contributed by atoms with Crippen LogP contribution in [-0.4, -0.2) is 23.2 Å². The lowest BCUT2D eigenvalue weighted by atomic mass is 10.1. The summed E-state index contributed by atoms with van der Waals surface area (Å²) in [5.74, 6) is 1.47. The van der Waals surface area contributed by atoms with Gasteiger partial charge < -0.3 is 10.6 Å². The van der Waals surface area contributed by atoms with Gasteiger partial charge in [0.2, 0.25) is 0 Å². The zero-order valence-corrected chi connectivity index (χ0v) is 11.8. The Balaban J connectivity index is 2.22. The molecule has 0 aromatic heterocycles. The van der Waals surface area contributed by atoms with E-state index < -0.39 is 0 Å². The summed E-state index contributed by atoms with van der Waals surface area (Å²) in [6, 6.07) is 4.62. The summed E-state index contributed by atoms with van der Waals surface area (Å²) in [7, 11) is 0. The van der Waals surface area contributed by atoms with Crippen LogP contribution in [-0.2, 0) is 4.79 Å². The maximum absolute atomic E-state index is 12.2. The Morgan fingerprint density at radius 1 is 1.35 bits per heavy atom. The van der Waals surface area contributed by atoms with E-state index in [1.54, 1.807) is 36.4 Å². The van der Waals surface area contributed by atoms with Crippen LogP contribution in [0.25, 0.3) is 0 Å². The molecule has 1 aromatic carbocycles. The van der Waals surface area contributed by atoms with Crippen molar-refractivity contribution in [3.63, 3.8) is 0 Å². The van der Waals surface area contributed by atoms with Gasteiger partial charge in [0.15, 0.2) is 11.7 Å². The molecule has 0 aliphatic carbocycles. The molecule has 0 atom stereocenters. The summed E-state index contributed by atoms with van der Waals surface area (Å²) in [5.41, 5.74) is 6.39. The van der Waals surface area contributed by atoms with Crippen LogP contribution in [0.2, 0.25) is 10.0 Å². The average Bonchev–Trinajstić information content (AvgIpc) is 2.38. The van der Waals surface area contributed by atoms with Gasteiger partial charge in [-0.05, 0) is 30.4 Å². The standard InChI is InChI=1S/C14H10Cl2N2O2/c15-9-3-4-10(11(16)6-9)14(20)7-18-5-1-2-12(17)13(18)8-19/h1-6H,7,17H2. The highest BCUT2D eigenvalue weighted by molar-refractivity contribution is 6.36. The van der Waals surface area contributed by atoms with Crippen molar-refractivity contribution in [3.05, 3.63) is 63.6 Å². The van der Waals surface area contributed by atoms with Crippen LogP contribution in [0.3, 0.4) is 0 Å². The van der Waals surface area contributed by atoms with Crippen molar-refractivity contribution >= 4 is 34.9 Å². The van der Waals surface area contributed by atoms with Crippen LogP contribution in [0.15, 0.2) is 47.9 Å². The summed E-state index contributed by atoms with van der Waals surface area (Å²) in [5, 5.41) is 0.716. The normalized spacial score (nSPS) is 14.0. The summed E-state index contributed by atoms with van der Waals surface area (Å²) in [6.45, 7) is -0.0586. The second-order valence-corrected chi connectivity index (χ2v) is 4.93. The number of ketones is 1. The van der Waals surface area contributed by atoms with Gasteiger partial charge in [0.05, 0.1) is 17.3 Å². The first-order valence-electron chi connectivity index (χ1n) is 5.67. The highest BCUT2D eigenvalue weighted by Gasteiger charge is 2.19. The molecule has 0 unspecified atom stereocenters. The molecule has 102 valence electrons. The number of benzene rings is 1. The molecule has 0 bridgehead atoms.